The zero-order valence-corrected chi connectivity index (χ0v) is 16.7. The number of benzene rings is 2. The van der Waals surface area contributed by atoms with Crippen molar-refractivity contribution in [3.63, 3.8) is 0 Å². The van der Waals surface area contributed by atoms with Crippen molar-refractivity contribution in [3.8, 4) is 0 Å². The summed E-state index contributed by atoms with van der Waals surface area (Å²) in [6.07, 6.45) is 4.16. The Bertz CT molecular complexity index is 828. The highest BCUT2D eigenvalue weighted by Crippen LogP contribution is 2.24. The van der Waals surface area contributed by atoms with E-state index in [9.17, 15) is 4.79 Å². The number of rotatable bonds is 9. The number of hydrogen-bond donors (Lipinski definition) is 2. The Morgan fingerprint density at radius 2 is 1.71 bits per heavy atom. The first kappa shape index (κ1) is 20.2. The van der Waals surface area contributed by atoms with Gasteiger partial charge >= 0.3 is 0 Å². The van der Waals surface area contributed by atoms with Gasteiger partial charge in [0.15, 0.2) is 5.69 Å². The van der Waals surface area contributed by atoms with E-state index in [2.05, 4.69) is 34.6 Å². The summed E-state index contributed by atoms with van der Waals surface area (Å²) in [5.41, 5.74) is 8.62. The second kappa shape index (κ2) is 10.1. The van der Waals surface area contributed by atoms with Crippen molar-refractivity contribution >= 4 is 17.7 Å². The second-order valence-electron chi connectivity index (χ2n) is 6.54. The van der Waals surface area contributed by atoms with Gasteiger partial charge in [-0.1, -0.05) is 60.7 Å². The fourth-order valence-corrected chi connectivity index (χ4v) is 3.50. The molecule has 0 bridgehead atoms. The third kappa shape index (κ3) is 5.24. The van der Waals surface area contributed by atoms with Crippen LogP contribution in [0.1, 0.15) is 45.9 Å². The topological polar surface area (TPSA) is 81.1 Å². The smallest absolute Gasteiger partial charge is 0.273 e. The molecule has 0 saturated carbocycles. The molecule has 0 fully saturated rings. The second-order valence-corrected chi connectivity index (χ2v) is 7.53. The normalized spacial score (nSPS) is 12.1. The summed E-state index contributed by atoms with van der Waals surface area (Å²) < 4.78 is 5.41. The third-order valence-electron chi connectivity index (χ3n) is 4.58. The Labute approximate surface area is 169 Å². The molecular formula is C22H25N3O2S. The van der Waals surface area contributed by atoms with Crippen molar-refractivity contribution in [3.05, 3.63) is 89.6 Å². The Balaban J connectivity index is 1.68. The molecule has 3 N–H and O–H groups in total. The molecule has 3 rings (SSSR count). The number of hydrogen-bond acceptors (Lipinski definition) is 5. The quantitative estimate of drug-likeness (QED) is 0.573. The van der Waals surface area contributed by atoms with Crippen LogP contribution in [0.5, 0.6) is 0 Å². The van der Waals surface area contributed by atoms with E-state index < -0.39 is 0 Å². The van der Waals surface area contributed by atoms with E-state index in [1.54, 1.807) is 11.8 Å². The number of amides is 1. The highest BCUT2D eigenvalue weighted by molar-refractivity contribution is 7.98. The first-order valence-corrected chi connectivity index (χ1v) is 10.7. The van der Waals surface area contributed by atoms with E-state index >= 15 is 0 Å². The van der Waals surface area contributed by atoms with Crippen LogP contribution < -0.4 is 11.1 Å². The number of thioether (sulfide) groups is 1. The van der Waals surface area contributed by atoms with E-state index in [4.69, 9.17) is 10.2 Å². The summed E-state index contributed by atoms with van der Waals surface area (Å²) in [4.78, 5) is 16.9. The minimum Gasteiger partial charge on any atom is -0.446 e. The van der Waals surface area contributed by atoms with Crippen molar-refractivity contribution in [2.75, 3.05) is 18.6 Å². The largest absolute Gasteiger partial charge is 0.446 e. The summed E-state index contributed by atoms with van der Waals surface area (Å²) >= 11 is 1.72. The number of oxazole rings is 1. The summed E-state index contributed by atoms with van der Waals surface area (Å²) in [5, 5.41) is 2.99. The molecule has 1 unspecified atom stereocenters. The zero-order chi connectivity index (χ0) is 19.8. The summed E-state index contributed by atoms with van der Waals surface area (Å²) in [7, 11) is 0. The minimum absolute atomic E-state index is 0.0570. The molecule has 0 saturated heterocycles. The van der Waals surface area contributed by atoms with Crippen LogP contribution in [0.2, 0.25) is 0 Å². The van der Waals surface area contributed by atoms with Crippen molar-refractivity contribution in [2.24, 2.45) is 5.73 Å². The first-order valence-electron chi connectivity index (χ1n) is 9.27. The van der Waals surface area contributed by atoms with Gasteiger partial charge in [-0.15, -0.1) is 0 Å². The van der Waals surface area contributed by atoms with Crippen LogP contribution in [-0.4, -0.2) is 29.4 Å². The van der Waals surface area contributed by atoms with E-state index in [1.807, 2.05) is 42.7 Å². The van der Waals surface area contributed by atoms with Gasteiger partial charge in [-0.05, 0) is 29.6 Å². The SMILES string of the molecule is CSCCC(N)c1nc(C(=O)NCC(c2ccccc2)c2ccccc2)co1. The van der Waals surface area contributed by atoms with Crippen molar-refractivity contribution < 1.29 is 9.21 Å². The molecule has 0 aliphatic carbocycles. The number of carbonyl (C=O) groups is 1. The summed E-state index contributed by atoms with van der Waals surface area (Å²) in [6, 6.07) is 20.0. The number of nitrogens with two attached hydrogens (primary N) is 1. The Hall–Kier alpha value is -2.57. The molecule has 0 radical (unpaired) electrons. The van der Waals surface area contributed by atoms with Gasteiger partial charge < -0.3 is 15.5 Å². The van der Waals surface area contributed by atoms with Crippen LogP contribution in [0, 0.1) is 0 Å². The monoisotopic (exact) mass is 395 g/mol. The van der Waals surface area contributed by atoms with E-state index in [0.29, 0.717) is 12.4 Å². The van der Waals surface area contributed by atoms with Crippen LogP contribution >= 0.6 is 11.8 Å². The molecule has 1 atom stereocenters. The standard InChI is InChI=1S/C22H25N3O2S/c1-28-13-12-19(23)22-25-20(15-27-22)21(26)24-14-18(16-8-4-2-5-9-16)17-10-6-3-7-11-17/h2-11,15,18-19H,12-14,23H2,1H3,(H,24,26). The lowest BCUT2D eigenvalue weighted by molar-refractivity contribution is 0.0947. The van der Waals surface area contributed by atoms with Crippen molar-refractivity contribution in [2.45, 2.75) is 18.4 Å². The molecule has 0 spiro atoms. The van der Waals surface area contributed by atoms with Crippen LogP contribution in [0.4, 0.5) is 0 Å². The number of carbonyl (C=O) groups excluding carboxylic acids is 1. The van der Waals surface area contributed by atoms with Gasteiger partial charge in [-0.25, -0.2) is 4.98 Å². The molecule has 0 aliphatic heterocycles. The molecule has 1 heterocycles. The molecule has 146 valence electrons. The molecule has 3 aromatic rings. The maximum Gasteiger partial charge on any atom is 0.273 e. The van der Waals surface area contributed by atoms with E-state index in [-0.39, 0.29) is 23.6 Å². The van der Waals surface area contributed by atoms with Crippen LogP contribution in [0.15, 0.2) is 71.3 Å². The van der Waals surface area contributed by atoms with Crippen LogP contribution in [-0.2, 0) is 0 Å². The lowest BCUT2D eigenvalue weighted by Crippen LogP contribution is -2.29. The van der Waals surface area contributed by atoms with E-state index in [1.165, 1.54) is 6.26 Å². The number of nitrogens with zero attached hydrogens (tertiary/aromatic N) is 1. The van der Waals surface area contributed by atoms with Gasteiger partial charge in [0.1, 0.15) is 6.26 Å². The van der Waals surface area contributed by atoms with Crippen LogP contribution in [0.25, 0.3) is 0 Å². The van der Waals surface area contributed by atoms with Gasteiger partial charge in [0, 0.05) is 12.5 Å². The van der Waals surface area contributed by atoms with Crippen molar-refractivity contribution in [1.29, 1.82) is 0 Å². The fraction of sp³-hybridized carbons (Fsp3) is 0.273. The molecule has 6 heteroatoms. The zero-order valence-electron chi connectivity index (χ0n) is 15.9. The fourth-order valence-electron chi connectivity index (χ4n) is 3.01. The Morgan fingerprint density at radius 3 is 2.29 bits per heavy atom. The molecule has 0 aliphatic rings. The maximum atomic E-state index is 12.6. The average molecular weight is 396 g/mol. The third-order valence-corrected chi connectivity index (χ3v) is 5.22. The summed E-state index contributed by atoms with van der Waals surface area (Å²) in [6.45, 7) is 0.466. The Morgan fingerprint density at radius 1 is 1.11 bits per heavy atom. The van der Waals surface area contributed by atoms with Gasteiger partial charge in [0.25, 0.3) is 5.91 Å². The first-order chi connectivity index (χ1) is 13.7. The maximum absolute atomic E-state index is 12.6. The lowest BCUT2D eigenvalue weighted by atomic mass is 9.91. The predicted octanol–water partition coefficient (Wildman–Crippen LogP) is 3.99. The van der Waals surface area contributed by atoms with Gasteiger partial charge in [0.05, 0.1) is 6.04 Å². The van der Waals surface area contributed by atoms with E-state index in [0.717, 1.165) is 23.3 Å². The highest BCUT2D eigenvalue weighted by atomic mass is 32.2. The molecular weight excluding hydrogens is 370 g/mol. The van der Waals surface area contributed by atoms with Crippen LogP contribution in [0.3, 0.4) is 0 Å². The predicted molar refractivity (Wildman–Crippen MR) is 113 cm³/mol. The molecule has 2 aromatic carbocycles. The number of nitrogens with one attached hydrogen (secondary N) is 1. The average Bonchev–Trinajstić information content (AvgIpc) is 3.24. The molecule has 1 amide bonds. The van der Waals surface area contributed by atoms with Gasteiger partial charge in [-0.2, -0.15) is 11.8 Å². The molecule has 28 heavy (non-hydrogen) atoms. The lowest BCUT2D eigenvalue weighted by Gasteiger charge is -2.18. The van der Waals surface area contributed by atoms with Gasteiger partial charge in [-0.3, -0.25) is 4.79 Å². The Kier molecular flexibility index (Phi) is 7.28. The van der Waals surface area contributed by atoms with Crippen molar-refractivity contribution in [1.82, 2.24) is 10.3 Å². The highest BCUT2D eigenvalue weighted by Gasteiger charge is 2.19. The molecule has 1 aromatic heterocycles. The number of aromatic nitrogens is 1. The summed E-state index contributed by atoms with van der Waals surface area (Å²) in [5.74, 6) is 1.12. The minimum atomic E-state index is -0.296. The van der Waals surface area contributed by atoms with Gasteiger partial charge in [0.2, 0.25) is 5.89 Å². The molecule has 5 nitrogen and oxygen atoms in total.